The molecule has 2 N–H and O–H groups in total. The van der Waals surface area contributed by atoms with E-state index >= 15 is 0 Å². The lowest BCUT2D eigenvalue weighted by Gasteiger charge is -2.28. The minimum Gasteiger partial charge on any atom is -0.342 e. The van der Waals surface area contributed by atoms with Crippen molar-refractivity contribution in [2.75, 3.05) is 26.2 Å². The predicted octanol–water partition coefficient (Wildman–Crippen LogP) is 1.50. The number of amides is 1. The first kappa shape index (κ1) is 16.0. The number of carbonyl (C=O) groups is 1. The summed E-state index contributed by atoms with van der Waals surface area (Å²) in [5.74, 6) is 0.237. The molecule has 1 saturated heterocycles. The van der Waals surface area contributed by atoms with Gasteiger partial charge in [-0.25, -0.2) is 0 Å². The van der Waals surface area contributed by atoms with Crippen LogP contribution in [-0.4, -0.2) is 54.0 Å². The van der Waals surface area contributed by atoms with E-state index in [1.54, 1.807) is 0 Å². The Labute approximate surface area is 127 Å². The molecule has 1 heterocycles. The average Bonchev–Trinajstić information content (AvgIpc) is 2.88. The monoisotopic (exact) mass is 289 g/mol. The molecule has 0 aliphatic carbocycles. The van der Waals surface area contributed by atoms with Crippen LogP contribution in [0, 0.1) is 0 Å². The van der Waals surface area contributed by atoms with Crippen molar-refractivity contribution in [2.24, 2.45) is 5.73 Å². The van der Waals surface area contributed by atoms with Crippen LogP contribution < -0.4 is 5.73 Å². The first-order chi connectivity index (χ1) is 10.2. The van der Waals surface area contributed by atoms with Crippen molar-refractivity contribution in [3.63, 3.8) is 0 Å². The van der Waals surface area contributed by atoms with Gasteiger partial charge in [-0.05, 0) is 32.3 Å². The Kier molecular flexibility index (Phi) is 5.76. The number of carbonyl (C=O) groups excluding carboxylic acids is 1. The molecule has 0 saturated carbocycles. The molecule has 1 aliphatic heterocycles. The van der Waals surface area contributed by atoms with E-state index in [1.807, 2.05) is 24.8 Å². The fourth-order valence-corrected chi connectivity index (χ4v) is 3.11. The lowest BCUT2D eigenvalue weighted by Crippen LogP contribution is -2.46. The number of rotatable bonds is 6. The summed E-state index contributed by atoms with van der Waals surface area (Å²) in [6.45, 7) is 7.33. The third kappa shape index (κ3) is 4.05. The quantitative estimate of drug-likeness (QED) is 0.863. The highest BCUT2D eigenvalue weighted by Crippen LogP contribution is 2.19. The molecule has 0 spiro atoms. The molecule has 2 atom stereocenters. The van der Waals surface area contributed by atoms with Crippen molar-refractivity contribution in [1.82, 2.24) is 9.80 Å². The average molecular weight is 289 g/mol. The van der Waals surface area contributed by atoms with E-state index in [9.17, 15) is 4.79 Å². The van der Waals surface area contributed by atoms with Gasteiger partial charge in [0.1, 0.15) is 0 Å². The van der Waals surface area contributed by atoms with Crippen molar-refractivity contribution in [1.29, 1.82) is 0 Å². The lowest BCUT2D eigenvalue weighted by atomic mass is 10.1. The highest BCUT2D eigenvalue weighted by Gasteiger charge is 2.36. The van der Waals surface area contributed by atoms with Crippen molar-refractivity contribution < 1.29 is 4.79 Å². The number of nitrogens with zero attached hydrogens (tertiary/aromatic N) is 2. The SMILES string of the molecule is CCN(CC)C(=O)[C@@H]1C[C@H](N)CN1CCc1ccccc1. The smallest absolute Gasteiger partial charge is 0.239 e. The van der Waals surface area contributed by atoms with Crippen LogP contribution in [0.2, 0.25) is 0 Å². The summed E-state index contributed by atoms with van der Waals surface area (Å²) >= 11 is 0. The lowest BCUT2D eigenvalue weighted by molar-refractivity contribution is -0.135. The van der Waals surface area contributed by atoms with Gasteiger partial charge in [-0.15, -0.1) is 0 Å². The van der Waals surface area contributed by atoms with Crippen LogP contribution in [0.5, 0.6) is 0 Å². The van der Waals surface area contributed by atoms with E-state index < -0.39 is 0 Å². The van der Waals surface area contributed by atoms with Gasteiger partial charge in [0.25, 0.3) is 0 Å². The van der Waals surface area contributed by atoms with Crippen LogP contribution in [-0.2, 0) is 11.2 Å². The summed E-state index contributed by atoms with van der Waals surface area (Å²) in [6, 6.07) is 10.5. The van der Waals surface area contributed by atoms with E-state index in [2.05, 4.69) is 29.2 Å². The molecule has 0 radical (unpaired) electrons. The predicted molar refractivity (Wildman–Crippen MR) is 86.0 cm³/mol. The fraction of sp³-hybridized carbons (Fsp3) is 0.588. The summed E-state index contributed by atoms with van der Waals surface area (Å²) in [7, 11) is 0. The maximum Gasteiger partial charge on any atom is 0.239 e. The third-order valence-corrected chi connectivity index (χ3v) is 4.33. The summed E-state index contributed by atoms with van der Waals surface area (Å²) in [4.78, 5) is 16.8. The van der Waals surface area contributed by atoms with Crippen molar-refractivity contribution in [3.8, 4) is 0 Å². The van der Waals surface area contributed by atoms with E-state index in [0.29, 0.717) is 0 Å². The number of nitrogens with two attached hydrogens (primary N) is 1. The second kappa shape index (κ2) is 7.57. The van der Waals surface area contributed by atoms with Gasteiger partial charge < -0.3 is 10.6 Å². The molecule has 0 aromatic heterocycles. The summed E-state index contributed by atoms with van der Waals surface area (Å²) in [5, 5.41) is 0. The van der Waals surface area contributed by atoms with Crippen molar-refractivity contribution in [2.45, 2.75) is 38.8 Å². The zero-order valence-corrected chi connectivity index (χ0v) is 13.2. The number of likely N-dealkylation sites (tertiary alicyclic amines) is 1. The summed E-state index contributed by atoms with van der Waals surface area (Å²) in [6.07, 6.45) is 1.75. The fourth-order valence-electron chi connectivity index (χ4n) is 3.11. The van der Waals surface area contributed by atoms with Gasteiger partial charge >= 0.3 is 0 Å². The Morgan fingerprint density at radius 3 is 2.57 bits per heavy atom. The normalized spacial score (nSPS) is 22.4. The molecule has 21 heavy (non-hydrogen) atoms. The molecule has 1 aromatic carbocycles. The first-order valence-corrected chi connectivity index (χ1v) is 7.98. The molecular formula is C17H27N3O. The molecule has 0 bridgehead atoms. The first-order valence-electron chi connectivity index (χ1n) is 7.98. The van der Waals surface area contributed by atoms with E-state index in [0.717, 1.165) is 39.0 Å². The van der Waals surface area contributed by atoms with Gasteiger partial charge in [0, 0.05) is 32.2 Å². The molecule has 1 aliphatic rings. The van der Waals surface area contributed by atoms with E-state index in [4.69, 9.17) is 5.73 Å². The Bertz CT molecular complexity index is 445. The van der Waals surface area contributed by atoms with Gasteiger partial charge in [-0.2, -0.15) is 0 Å². The largest absolute Gasteiger partial charge is 0.342 e. The highest BCUT2D eigenvalue weighted by atomic mass is 16.2. The molecule has 4 heteroatoms. The molecule has 1 aromatic rings. The standard InChI is InChI=1S/C17H27N3O/c1-3-19(4-2)17(21)16-12-15(18)13-20(16)11-10-14-8-6-5-7-9-14/h5-9,15-16H,3-4,10-13,18H2,1-2H3/t15-,16-/m0/s1. The van der Waals surface area contributed by atoms with Crippen molar-refractivity contribution >= 4 is 5.91 Å². The van der Waals surface area contributed by atoms with Gasteiger partial charge in [-0.3, -0.25) is 9.69 Å². The Morgan fingerprint density at radius 1 is 1.29 bits per heavy atom. The minimum absolute atomic E-state index is 0.0383. The van der Waals surface area contributed by atoms with Crippen LogP contribution in [0.25, 0.3) is 0 Å². The van der Waals surface area contributed by atoms with Crippen LogP contribution in [0.15, 0.2) is 30.3 Å². The van der Waals surface area contributed by atoms with Gasteiger partial charge in [0.2, 0.25) is 5.91 Å². The zero-order chi connectivity index (χ0) is 15.2. The van der Waals surface area contributed by atoms with E-state index in [1.165, 1.54) is 5.56 Å². The summed E-state index contributed by atoms with van der Waals surface area (Å²) in [5.41, 5.74) is 7.40. The zero-order valence-electron chi connectivity index (χ0n) is 13.2. The van der Waals surface area contributed by atoms with Crippen LogP contribution in [0.1, 0.15) is 25.8 Å². The van der Waals surface area contributed by atoms with Crippen LogP contribution >= 0.6 is 0 Å². The number of benzene rings is 1. The maximum absolute atomic E-state index is 12.6. The third-order valence-electron chi connectivity index (χ3n) is 4.33. The second-order valence-corrected chi connectivity index (χ2v) is 5.75. The summed E-state index contributed by atoms with van der Waals surface area (Å²) < 4.78 is 0. The van der Waals surface area contributed by atoms with Crippen molar-refractivity contribution in [3.05, 3.63) is 35.9 Å². The second-order valence-electron chi connectivity index (χ2n) is 5.75. The van der Waals surface area contributed by atoms with Crippen LogP contribution in [0.4, 0.5) is 0 Å². The van der Waals surface area contributed by atoms with Gasteiger partial charge in [-0.1, -0.05) is 30.3 Å². The maximum atomic E-state index is 12.6. The molecule has 4 nitrogen and oxygen atoms in total. The molecule has 1 amide bonds. The van der Waals surface area contributed by atoms with Gasteiger partial charge in [0.05, 0.1) is 6.04 Å². The Balaban J connectivity index is 1.98. The Hall–Kier alpha value is -1.39. The number of hydrogen-bond donors (Lipinski definition) is 1. The minimum atomic E-state index is -0.0383. The topological polar surface area (TPSA) is 49.6 Å². The number of likely N-dealkylation sites (N-methyl/N-ethyl adjacent to an activating group) is 1. The Morgan fingerprint density at radius 2 is 1.95 bits per heavy atom. The molecule has 1 fully saturated rings. The van der Waals surface area contributed by atoms with E-state index in [-0.39, 0.29) is 18.0 Å². The molecule has 2 rings (SSSR count). The molecule has 116 valence electrons. The highest BCUT2D eigenvalue weighted by molar-refractivity contribution is 5.82. The van der Waals surface area contributed by atoms with Crippen LogP contribution in [0.3, 0.4) is 0 Å². The molecular weight excluding hydrogens is 262 g/mol. The molecule has 0 unspecified atom stereocenters. The number of hydrogen-bond acceptors (Lipinski definition) is 3. The van der Waals surface area contributed by atoms with Gasteiger partial charge in [0.15, 0.2) is 0 Å².